The third-order valence-corrected chi connectivity index (χ3v) is 6.16. The van der Waals surface area contributed by atoms with Gasteiger partial charge in [0.05, 0.1) is 11.6 Å². The molecule has 0 aromatic heterocycles. The molecule has 4 rings (SSSR count). The van der Waals surface area contributed by atoms with E-state index in [0.29, 0.717) is 22.0 Å². The van der Waals surface area contributed by atoms with Crippen LogP contribution in [0.5, 0.6) is 0 Å². The maximum atomic E-state index is 13.4. The Labute approximate surface area is 205 Å². The summed E-state index contributed by atoms with van der Waals surface area (Å²) in [7, 11) is 0. The van der Waals surface area contributed by atoms with Gasteiger partial charge >= 0.3 is 6.03 Å². The van der Waals surface area contributed by atoms with Gasteiger partial charge in [-0.15, -0.1) is 0 Å². The topological polar surface area (TPSA) is 73.5 Å². The molecule has 1 unspecified atom stereocenters. The zero-order valence-electron chi connectivity index (χ0n) is 19.2. The fourth-order valence-electron chi connectivity index (χ4n) is 4.17. The molecule has 1 heterocycles. The molecule has 1 aliphatic rings. The lowest BCUT2D eigenvalue weighted by Crippen LogP contribution is -2.33. The van der Waals surface area contributed by atoms with E-state index in [2.05, 4.69) is 20.9 Å². The average Bonchev–Trinajstić information content (AvgIpc) is 2.85. The number of hydrogen-bond donors (Lipinski definition) is 3. The van der Waals surface area contributed by atoms with Crippen LogP contribution < -0.4 is 20.9 Å². The van der Waals surface area contributed by atoms with Gasteiger partial charge in [-0.1, -0.05) is 48.0 Å². The number of hydrogen-bond acceptors (Lipinski definition) is 3. The SMILES string of the molecule is CC(NC(=O)c1cc(NC(=O)Nc2cccc(Cl)c2)ccc1N1CCCCC1)c1ccccc1. The van der Waals surface area contributed by atoms with Gasteiger partial charge in [-0.3, -0.25) is 4.79 Å². The van der Waals surface area contributed by atoms with Gasteiger partial charge in [0, 0.05) is 35.2 Å². The number of urea groups is 1. The van der Waals surface area contributed by atoms with Gasteiger partial charge < -0.3 is 20.9 Å². The number of anilines is 3. The smallest absolute Gasteiger partial charge is 0.323 e. The second kappa shape index (κ2) is 11.1. The summed E-state index contributed by atoms with van der Waals surface area (Å²) in [6.07, 6.45) is 3.40. The number of benzene rings is 3. The van der Waals surface area contributed by atoms with E-state index in [0.717, 1.165) is 37.2 Å². The molecular weight excluding hydrogens is 448 g/mol. The van der Waals surface area contributed by atoms with Gasteiger partial charge in [0.15, 0.2) is 0 Å². The highest BCUT2D eigenvalue weighted by Crippen LogP contribution is 2.28. The minimum Gasteiger partial charge on any atom is -0.371 e. The molecule has 0 spiro atoms. The van der Waals surface area contributed by atoms with Crippen LogP contribution in [0.4, 0.5) is 21.9 Å². The van der Waals surface area contributed by atoms with Crippen LogP contribution in [-0.2, 0) is 0 Å². The molecule has 34 heavy (non-hydrogen) atoms. The van der Waals surface area contributed by atoms with Crippen molar-refractivity contribution in [2.75, 3.05) is 28.6 Å². The largest absolute Gasteiger partial charge is 0.371 e. The lowest BCUT2D eigenvalue weighted by molar-refractivity contribution is 0.0940. The fraction of sp³-hybridized carbons (Fsp3) is 0.259. The molecule has 0 bridgehead atoms. The minimum absolute atomic E-state index is 0.148. The third kappa shape index (κ3) is 6.08. The van der Waals surface area contributed by atoms with Gasteiger partial charge in [-0.25, -0.2) is 4.79 Å². The summed E-state index contributed by atoms with van der Waals surface area (Å²) in [5.41, 5.74) is 3.59. The van der Waals surface area contributed by atoms with E-state index < -0.39 is 6.03 Å². The van der Waals surface area contributed by atoms with Crippen LogP contribution in [0, 0.1) is 0 Å². The molecule has 3 aromatic carbocycles. The predicted molar refractivity (Wildman–Crippen MR) is 139 cm³/mol. The van der Waals surface area contributed by atoms with E-state index in [9.17, 15) is 9.59 Å². The lowest BCUT2D eigenvalue weighted by atomic mass is 10.0. The Morgan fingerprint density at radius 3 is 2.26 bits per heavy atom. The second-order valence-corrected chi connectivity index (χ2v) is 8.91. The number of halogens is 1. The highest BCUT2D eigenvalue weighted by Gasteiger charge is 2.21. The summed E-state index contributed by atoms with van der Waals surface area (Å²) >= 11 is 6.00. The predicted octanol–water partition coefficient (Wildman–Crippen LogP) is 6.47. The van der Waals surface area contributed by atoms with Crippen LogP contribution in [0.3, 0.4) is 0 Å². The number of nitrogens with zero attached hydrogens (tertiary/aromatic N) is 1. The maximum absolute atomic E-state index is 13.4. The van der Waals surface area contributed by atoms with Crippen molar-refractivity contribution in [3.63, 3.8) is 0 Å². The number of nitrogens with one attached hydrogen (secondary N) is 3. The zero-order chi connectivity index (χ0) is 23.9. The van der Waals surface area contributed by atoms with Gasteiger partial charge in [0.25, 0.3) is 5.91 Å². The highest BCUT2D eigenvalue weighted by atomic mass is 35.5. The van der Waals surface area contributed by atoms with E-state index in [1.54, 1.807) is 30.3 Å². The zero-order valence-corrected chi connectivity index (χ0v) is 19.9. The van der Waals surface area contributed by atoms with E-state index in [1.807, 2.05) is 49.4 Å². The van der Waals surface area contributed by atoms with E-state index in [4.69, 9.17) is 11.6 Å². The second-order valence-electron chi connectivity index (χ2n) is 8.47. The molecule has 176 valence electrons. The van der Waals surface area contributed by atoms with Gasteiger partial charge in [-0.05, 0) is 68.1 Å². The molecule has 1 fully saturated rings. The Morgan fingerprint density at radius 1 is 0.853 bits per heavy atom. The van der Waals surface area contributed by atoms with Gasteiger partial charge in [0.2, 0.25) is 0 Å². The molecule has 0 saturated carbocycles. The van der Waals surface area contributed by atoms with Crippen LogP contribution in [-0.4, -0.2) is 25.0 Å². The first kappa shape index (κ1) is 23.6. The van der Waals surface area contributed by atoms with Crippen molar-refractivity contribution in [2.24, 2.45) is 0 Å². The Morgan fingerprint density at radius 2 is 1.56 bits per heavy atom. The molecule has 3 aromatic rings. The van der Waals surface area contributed by atoms with Gasteiger partial charge in [0.1, 0.15) is 0 Å². The number of carbonyl (C=O) groups excluding carboxylic acids is 2. The van der Waals surface area contributed by atoms with Crippen molar-refractivity contribution >= 4 is 40.6 Å². The first-order chi connectivity index (χ1) is 16.5. The van der Waals surface area contributed by atoms with Crippen molar-refractivity contribution in [1.82, 2.24) is 5.32 Å². The maximum Gasteiger partial charge on any atom is 0.323 e. The number of amides is 3. The molecule has 3 N–H and O–H groups in total. The first-order valence-electron chi connectivity index (χ1n) is 11.6. The van der Waals surface area contributed by atoms with E-state index in [1.165, 1.54) is 6.42 Å². The van der Waals surface area contributed by atoms with Crippen molar-refractivity contribution in [3.05, 3.63) is 88.9 Å². The van der Waals surface area contributed by atoms with Crippen molar-refractivity contribution in [1.29, 1.82) is 0 Å². The summed E-state index contributed by atoms with van der Waals surface area (Å²) in [6, 6.07) is 21.7. The molecule has 6 nitrogen and oxygen atoms in total. The van der Waals surface area contributed by atoms with Crippen molar-refractivity contribution in [3.8, 4) is 0 Å². The Hall–Kier alpha value is -3.51. The average molecular weight is 477 g/mol. The fourth-order valence-corrected chi connectivity index (χ4v) is 4.36. The highest BCUT2D eigenvalue weighted by molar-refractivity contribution is 6.30. The Bertz CT molecular complexity index is 1150. The van der Waals surface area contributed by atoms with Crippen LogP contribution in [0.1, 0.15) is 48.1 Å². The standard InChI is InChI=1S/C27H29ClN4O2/c1-19(20-9-4-2-5-10-20)29-26(33)24-18-23(13-14-25(24)32-15-6-3-7-16-32)31-27(34)30-22-12-8-11-21(28)17-22/h2,4-5,8-14,17-19H,3,6-7,15-16H2,1H3,(H,29,33)(H2,30,31,34). The number of rotatable bonds is 6. The number of piperidine rings is 1. The molecule has 7 heteroatoms. The lowest BCUT2D eigenvalue weighted by Gasteiger charge is -2.31. The quantitative estimate of drug-likeness (QED) is 0.382. The van der Waals surface area contributed by atoms with Gasteiger partial charge in [-0.2, -0.15) is 0 Å². The summed E-state index contributed by atoms with van der Waals surface area (Å²) in [4.78, 5) is 28.2. The molecule has 3 amide bonds. The molecule has 0 radical (unpaired) electrons. The number of carbonyl (C=O) groups is 2. The first-order valence-corrected chi connectivity index (χ1v) is 12.0. The molecular formula is C27H29ClN4O2. The normalized spacial score (nSPS) is 14.2. The van der Waals surface area contributed by atoms with Crippen LogP contribution >= 0.6 is 11.6 Å². The van der Waals surface area contributed by atoms with Crippen LogP contribution in [0.25, 0.3) is 0 Å². The molecule has 1 atom stereocenters. The Balaban J connectivity index is 1.55. The summed E-state index contributed by atoms with van der Waals surface area (Å²) < 4.78 is 0. The summed E-state index contributed by atoms with van der Waals surface area (Å²) in [5.74, 6) is -0.171. The van der Waals surface area contributed by atoms with E-state index >= 15 is 0 Å². The van der Waals surface area contributed by atoms with E-state index in [-0.39, 0.29) is 11.9 Å². The molecule has 1 saturated heterocycles. The van der Waals surface area contributed by atoms with Crippen LogP contribution in [0.15, 0.2) is 72.8 Å². The third-order valence-electron chi connectivity index (χ3n) is 5.93. The Kier molecular flexibility index (Phi) is 7.70. The van der Waals surface area contributed by atoms with Crippen LogP contribution in [0.2, 0.25) is 5.02 Å². The molecule has 0 aliphatic carbocycles. The minimum atomic E-state index is -0.406. The monoisotopic (exact) mass is 476 g/mol. The molecule has 1 aliphatic heterocycles. The van der Waals surface area contributed by atoms with Crippen molar-refractivity contribution < 1.29 is 9.59 Å². The summed E-state index contributed by atoms with van der Waals surface area (Å²) in [5, 5.41) is 9.24. The summed E-state index contributed by atoms with van der Waals surface area (Å²) in [6.45, 7) is 3.79. The van der Waals surface area contributed by atoms with Crippen molar-refractivity contribution in [2.45, 2.75) is 32.2 Å².